The van der Waals surface area contributed by atoms with E-state index in [1.165, 1.54) is 23.5 Å². The van der Waals surface area contributed by atoms with Crippen molar-refractivity contribution in [2.45, 2.75) is 26.7 Å². The highest BCUT2D eigenvalue weighted by Crippen LogP contribution is 2.33. The molecule has 0 fully saturated rings. The summed E-state index contributed by atoms with van der Waals surface area (Å²) in [5.41, 5.74) is 6.66. The molecule has 0 atom stereocenters. The van der Waals surface area contributed by atoms with Gasteiger partial charge in [-0.25, -0.2) is 0 Å². The van der Waals surface area contributed by atoms with Gasteiger partial charge in [0.2, 0.25) is 5.91 Å². The second kappa shape index (κ2) is 7.22. The predicted molar refractivity (Wildman–Crippen MR) is 92.4 cm³/mol. The SMILES string of the molecule is CCc1sc(NC(=O)Cc2ccccc2[N+](=O)[O-])c(C(N)=O)c1C. The van der Waals surface area contributed by atoms with Crippen LogP contribution in [0.25, 0.3) is 0 Å². The summed E-state index contributed by atoms with van der Waals surface area (Å²) in [6.07, 6.45) is 0.560. The number of nitrogens with zero attached hydrogens (tertiary/aromatic N) is 1. The lowest BCUT2D eigenvalue weighted by Crippen LogP contribution is -2.19. The number of aryl methyl sites for hydroxylation is 1. The third-order valence-corrected chi connectivity index (χ3v) is 4.96. The summed E-state index contributed by atoms with van der Waals surface area (Å²) in [6.45, 7) is 3.73. The predicted octanol–water partition coefficient (Wildman–Crippen LogP) is 2.81. The number of nitrogens with one attached hydrogen (secondary N) is 1. The molecule has 0 aliphatic heterocycles. The van der Waals surface area contributed by atoms with Crippen LogP contribution in [0.1, 0.15) is 33.3 Å². The van der Waals surface area contributed by atoms with Crippen molar-refractivity contribution in [3.63, 3.8) is 0 Å². The summed E-state index contributed by atoms with van der Waals surface area (Å²) in [5.74, 6) is -1.04. The largest absolute Gasteiger partial charge is 0.365 e. The molecule has 2 amide bonds. The van der Waals surface area contributed by atoms with Gasteiger partial charge in [0, 0.05) is 16.5 Å². The monoisotopic (exact) mass is 347 g/mol. The quantitative estimate of drug-likeness (QED) is 0.617. The second-order valence-electron chi connectivity index (χ2n) is 5.18. The topological polar surface area (TPSA) is 115 Å². The highest BCUT2D eigenvalue weighted by Gasteiger charge is 2.21. The van der Waals surface area contributed by atoms with Crippen molar-refractivity contribution in [2.24, 2.45) is 5.73 Å². The molecular weight excluding hydrogens is 330 g/mol. The van der Waals surface area contributed by atoms with Gasteiger partial charge < -0.3 is 11.1 Å². The van der Waals surface area contributed by atoms with Gasteiger partial charge in [0.1, 0.15) is 5.00 Å². The van der Waals surface area contributed by atoms with Gasteiger partial charge in [-0.05, 0) is 18.9 Å². The van der Waals surface area contributed by atoms with Crippen LogP contribution in [0.5, 0.6) is 0 Å². The van der Waals surface area contributed by atoms with Gasteiger partial charge >= 0.3 is 0 Å². The van der Waals surface area contributed by atoms with Gasteiger partial charge in [-0.3, -0.25) is 19.7 Å². The van der Waals surface area contributed by atoms with E-state index in [4.69, 9.17) is 5.73 Å². The Morgan fingerprint density at radius 2 is 2.00 bits per heavy atom. The average Bonchev–Trinajstić information content (AvgIpc) is 2.83. The minimum Gasteiger partial charge on any atom is -0.365 e. The van der Waals surface area contributed by atoms with Crippen LogP contribution >= 0.6 is 11.3 Å². The lowest BCUT2D eigenvalue weighted by atomic mass is 10.1. The molecule has 2 rings (SSSR count). The summed E-state index contributed by atoms with van der Waals surface area (Å²) >= 11 is 1.30. The lowest BCUT2D eigenvalue weighted by molar-refractivity contribution is -0.385. The maximum absolute atomic E-state index is 12.3. The number of thiophene rings is 1. The number of nitro benzene ring substituents is 1. The standard InChI is InChI=1S/C16H17N3O4S/c1-3-12-9(2)14(15(17)21)16(24-12)18-13(20)8-10-6-4-5-7-11(10)19(22)23/h4-7H,3,8H2,1-2H3,(H2,17,21)(H,18,20). The molecule has 24 heavy (non-hydrogen) atoms. The molecule has 0 aliphatic rings. The minimum atomic E-state index is -0.607. The van der Waals surface area contributed by atoms with Gasteiger partial charge in [-0.1, -0.05) is 25.1 Å². The average molecular weight is 347 g/mol. The van der Waals surface area contributed by atoms with Crippen LogP contribution in [-0.2, 0) is 17.6 Å². The fourth-order valence-electron chi connectivity index (χ4n) is 2.46. The number of carbonyl (C=O) groups excluding carboxylic acids is 2. The van der Waals surface area contributed by atoms with Gasteiger partial charge in [0.05, 0.1) is 16.9 Å². The molecule has 1 heterocycles. The van der Waals surface area contributed by atoms with E-state index in [2.05, 4.69) is 5.32 Å². The first-order valence-corrected chi connectivity index (χ1v) is 8.11. The van der Waals surface area contributed by atoms with Gasteiger partial charge in [-0.15, -0.1) is 11.3 Å². The summed E-state index contributed by atoms with van der Waals surface area (Å²) in [4.78, 5) is 35.3. The third-order valence-electron chi connectivity index (χ3n) is 3.61. The van der Waals surface area contributed by atoms with Crippen molar-refractivity contribution in [1.29, 1.82) is 0 Å². The van der Waals surface area contributed by atoms with E-state index in [9.17, 15) is 19.7 Å². The van der Waals surface area contributed by atoms with Crippen molar-refractivity contribution in [3.05, 3.63) is 55.9 Å². The zero-order chi connectivity index (χ0) is 17.9. The zero-order valence-electron chi connectivity index (χ0n) is 13.3. The Kier molecular flexibility index (Phi) is 5.30. The molecule has 126 valence electrons. The second-order valence-corrected chi connectivity index (χ2v) is 6.29. The molecule has 8 heteroatoms. The molecule has 0 unspecified atom stereocenters. The number of hydrogen-bond acceptors (Lipinski definition) is 5. The first-order valence-electron chi connectivity index (χ1n) is 7.29. The molecule has 7 nitrogen and oxygen atoms in total. The summed E-state index contributed by atoms with van der Waals surface area (Å²) in [6, 6.07) is 6.06. The number of benzene rings is 1. The highest BCUT2D eigenvalue weighted by molar-refractivity contribution is 7.17. The van der Waals surface area contributed by atoms with Crippen molar-refractivity contribution < 1.29 is 14.5 Å². The fraction of sp³-hybridized carbons (Fsp3) is 0.250. The lowest BCUT2D eigenvalue weighted by Gasteiger charge is -2.06. The van der Waals surface area contributed by atoms with Crippen LogP contribution < -0.4 is 11.1 Å². The van der Waals surface area contributed by atoms with Gasteiger partial charge in [0.15, 0.2) is 0 Å². The molecule has 0 saturated carbocycles. The Balaban J connectivity index is 2.25. The third kappa shape index (κ3) is 3.60. The van der Waals surface area contributed by atoms with Crippen molar-refractivity contribution in [2.75, 3.05) is 5.32 Å². The maximum atomic E-state index is 12.3. The Hall–Kier alpha value is -2.74. The van der Waals surface area contributed by atoms with Crippen LogP contribution in [0.4, 0.5) is 10.7 Å². The number of amides is 2. The van der Waals surface area contributed by atoms with Crippen LogP contribution in [0.3, 0.4) is 0 Å². The van der Waals surface area contributed by atoms with Crippen molar-refractivity contribution in [3.8, 4) is 0 Å². The van der Waals surface area contributed by atoms with Crippen LogP contribution in [0, 0.1) is 17.0 Å². The van der Waals surface area contributed by atoms with Crippen LogP contribution in [0.15, 0.2) is 24.3 Å². The van der Waals surface area contributed by atoms with E-state index in [0.29, 0.717) is 16.1 Å². The number of para-hydroxylation sites is 1. The number of nitro groups is 1. The molecule has 3 N–H and O–H groups in total. The molecule has 0 radical (unpaired) electrons. The number of hydrogen-bond donors (Lipinski definition) is 2. The molecule has 1 aromatic heterocycles. The van der Waals surface area contributed by atoms with Crippen LogP contribution in [0.2, 0.25) is 0 Å². The van der Waals surface area contributed by atoms with Gasteiger partial charge in [-0.2, -0.15) is 0 Å². The number of anilines is 1. The number of rotatable bonds is 6. The molecule has 0 bridgehead atoms. The highest BCUT2D eigenvalue weighted by atomic mass is 32.1. The molecule has 1 aromatic carbocycles. The number of primary amides is 1. The van der Waals surface area contributed by atoms with Crippen LogP contribution in [-0.4, -0.2) is 16.7 Å². The van der Waals surface area contributed by atoms with E-state index >= 15 is 0 Å². The van der Waals surface area contributed by atoms with E-state index in [-0.39, 0.29) is 12.1 Å². The van der Waals surface area contributed by atoms with Crippen molar-refractivity contribution in [1.82, 2.24) is 0 Å². The fourth-order valence-corrected chi connectivity index (χ4v) is 3.63. The Morgan fingerprint density at radius 3 is 2.58 bits per heavy atom. The normalized spacial score (nSPS) is 10.4. The van der Waals surface area contributed by atoms with Gasteiger partial charge in [0.25, 0.3) is 11.6 Å². The molecule has 0 aliphatic carbocycles. The first kappa shape index (κ1) is 17.6. The molecule has 0 spiro atoms. The Morgan fingerprint density at radius 1 is 1.33 bits per heavy atom. The Bertz CT molecular complexity index is 814. The maximum Gasteiger partial charge on any atom is 0.273 e. The molecule has 0 saturated heterocycles. The number of carbonyl (C=O) groups is 2. The first-order chi connectivity index (χ1) is 11.3. The minimum absolute atomic E-state index is 0.112. The van der Waals surface area contributed by atoms with E-state index in [0.717, 1.165) is 16.9 Å². The Labute approximate surface area is 142 Å². The van der Waals surface area contributed by atoms with E-state index < -0.39 is 16.7 Å². The smallest absolute Gasteiger partial charge is 0.273 e. The zero-order valence-corrected chi connectivity index (χ0v) is 14.1. The summed E-state index contributed by atoms with van der Waals surface area (Å²) in [7, 11) is 0. The summed E-state index contributed by atoms with van der Waals surface area (Å²) in [5, 5.41) is 14.1. The van der Waals surface area contributed by atoms with E-state index in [1.54, 1.807) is 19.1 Å². The van der Waals surface area contributed by atoms with E-state index in [1.807, 2.05) is 6.92 Å². The number of nitrogens with two attached hydrogens (primary N) is 1. The molecular formula is C16H17N3O4S. The van der Waals surface area contributed by atoms with Crippen molar-refractivity contribution >= 4 is 33.8 Å². The summed E-state index contributed by atoms with van der Waals surface area (Å²) < 4.78 is 0. The molecule has 2 aromatic rings.